The van der Waals surface area contributed by atoms with Crippen LogP contribution in [0.1, 0.15) is 6.92 Å². The van der Waals surface area contributed by atoms with Crippen LogP contribution in [0.15, 0.2) is 34.3 Å². The minimum atomic E-state index is -0.952. The van der Waals surface area contributed by atoms with Crippen LogP contribution >= 0.6 is 11.8 Å². The second-order valence-electron chi connectivity index (χ2n) is 3.59. The number of hydrogen-bond acceptors (Lipinski definition) is 4. The molecule has 1 heterocycles. The molecule has 0 bridgehead atoms. The Balaban J connectivity index is 2.19. The Bertz CT molecular complexity index is 491. The molecule has 2 rings (SSSR count). The number of aliphatic imine (C=N–C) groups is 2. The van der Waals surface area contributed by atoms with Gasteiger partial charge in [-0.25, -0.2) is 4.99 Å². The number of carbonyl (C=O) groups is 2. The highest BCUT2D eigenvalue weighted by atomic mass is 32.2. The van der Waals surface area contributed by atoms with Gasteiger partial charge in [0.2, 0.25) is 0 Å². The van der Waals surface area contributed by atoms with Crippen molar-refractivity contribution in [3.63, 3.8) is 0 Å². The van der Waals surface area contributed by atoms with Crippen molar-refractivity contribution in [3.8, 4) is 0 Å². The Morgan fingerprint density at radius 3 is 2.94 bits per heavy atom. The molecule has 17 heavy (non-hydrogen) atoms. The lowest BCUT2D eigenvalue weighted by Gasteiger charge is -2.17. The first kappa shape index (κ1) is 11.8. The van der Waals surface area contributed by atoms with Gasteiger partial charge >= 0.3 is 5.97 Å². The molecule has 88 valence electrons. The number of fused-ring (bicyclic) bond motifs is 1. The van der Waals surface area contributed by atoms with Crippen LogP contribution in [0.4, 0.5) is 0 Å². The number of carboxylic acid groups (broad SMARTS) is 1. The zero-order valence-electron chi connectivity index (χ0n) is 9.03. The fourth-order valence-corrected chi connectivity index (χ4v) is 2.13. The molecule has 0 aromatic rings. The summed E-state index contributed by atoms with van der Waals surface area (Å²) in [6, 6.07) is 0. The summed E-state index contributed by atoms with van der Waals surface area (Å²) in [5.41, 5.74) is 0.618. The van der Waals surface area contributed by atoms with E-state index in [4.69, 9.17) is 5.11 Å². The van der Waals surface area contributed by atoms with E-state index < -0.39 is 17.1 Å². The zero-order chi connectivity index (χ0) is 12.4. The van der Waals surface area contributed by atoms with Gasteiger partial charge in [0.25, 0.3) is 5.91 Å². The molecule has 2 unspecified atom stereocenters. The SMILES string of the molecule is CC(SC1=NC(=O)C2C=CC=CC2=N1)C(=O)O. The second kappa shape index (κ2) is 4.67. The largest absolute Gasteiger partial charge is 0.480 e. The summed E-state index contributed by atoms with van der Waals surface area (Å²) in [6.45, 7) is 1.53. The summed E-state index contributed by atoms with van der Waals surface area (Å²) >= 11 is 0.972. The van der Waals surface area contributed by atoms with Crippen molar-refractivity contribution in [2.24, 2.45) is 15.9 Å². The number of carboxylic acids is 1. The fraction of sp³-hybridized carbons (Fsp3) is 0.273. The molecule has 2 atom stereocenters. The number of rotatable bonds is 2. The third kappa shape index (κ3) is 2.52. The van der Waals surface area contributed by atoms with Crippen molar-refractivity contribution in [3.05, 3.63) is 24.3 Å². The van der Waals surface area contributed by atoms with Crippen LogP contribution < -0.4 is 0 Å². The highest BCUT2D eigenvalue weighted by molar-refractivity contribution is 8.15. The molecule has 0 aromatic carbocycles. The van der Waals surface area contributed by atoms with Gasteiger partial charge < -0.3 is 5.11 Å². The van der Waals surface area contributed by atoms with Crippen LogP contribution in [-0.4, -0.2) is 33.1 Å². The van der Waals surface area contributed by atoms with Crippen molar-refractivity contribution in [1.82, 2.24) is 0 Å². The van der Waals surface area contributed by atoms with Crippen LogP contribution in [0.2, 0.25) is 0 Å². The van der Waals surface area contributed by atoms with E-state index in [2.05, 4.69) is 9.98 Å². The van der Waals surface area contributed by atoms with Gasteiger partial charge in [-0.3, -0.25) is 9.59 Å². The maximum absolute atomic E-state index is 11.7. The van der Waals surface area contributed by atoms with Crippen molar-refractivity contribution in [2.75, 3.05) is 0 Å². The Morgan fingerprint density at radius 2 is 2.24 bits per heavy atom. The van der Waals surface area contributed by atoms with E-state index in [1.54, 1.807) is 24.3 Å². The van der Waals surface area contributed by atoms with Gasteiger partial charge in [-0.1, -0.05) is 30.0 Å². The lowest BCUT2D eigenvalue weighted by atomic mass is 9.97. The molecular formula is C11H10N2O3S. The first-order chi connectivity index (χ1) is 8.08. The molecule has 0 radical (unpaired) electrons. The van der Waals surface area contributed by atoms with Crippen molar-refractivity contribution >= 4 is 34.5 Å². The third-order valence-electron chi connectivity index (χ3n) is 2.33. The predicted molar refractivity (Wildman–Crippen MR) is 66.3 cm³/mol. The molecular weight excluding hydrogens is 240 g/mol. The molecule has 0 fully saturated rings. The van der Waals surface area contributed by atoms with E-state index in [-0.39, 0.29) is 11.1 Å². The maximum atomic E-state index is 11.7. The third-order valence-corrected chi connectivity index (χ3v) is 3.28. The summed E-state index contributed by atoms with van der Waals surface area (Å²) in [5, 5.41) is 8.32. The van der Waals surface area contributed by atoms with Gasteiger partial charge in [0.1, 0.15) is 11.2 Å². The molecule has 5 nitrogen and oxygen atoms in total. The highest BCUT2D eigenvalue weighted by Crippen LogP contribution is 2.22. The molecule has 0 aromatic heterocycles. The number of carbonyl (C=O) groups excluding carboxylic acids is 1. The number of thioether (sulfide) groups is 1. The minimum Gasteiger partial charge on any atom is -0.480 e. The Morgan fingerprint density at radius 1 is 1.47 bits per heavy atom. The van der Waals surface area contributed by atoms with E-state index in [0.717, 1.165) is 11.8 Å². The Kier molecular flexibility index (Phi) is 3.23. The van der Waals surface area contributed by atoms with E-state index in [0.29, 0.717) is 5.71 Å². The average molecular weight is 250 g/mol. The standard InChI is InChI=1S/C11H10N2O3S/c1-6(10(15)16)17-11-12-8-5-3-2-4-7(8)9(14)13-11/h2-7H,1H3,(H,15,16). The summed E-state index contributed by atoms with van der Waals surface area (Å²) in [4.78, 5) is 30.4. The lowest BCUT2D eigenvalue weighted by Crippen LogP contribution is -2.27. The van der Waals surface area contributed by atoms with Gasteiger partial charge in [0.05, 0.1) is 5.71 Å². The van der Waals surface area contributed by atoms with E-state index in [1.807, 2.05) is 0 Å². The van der Waals surface area contributed by atoms with Crippen LogP contribution in [0.5, 0.6) is 0 Å². The molecule has 6 heteroatoms. The van der Waals surface area contributed by atoms with E-state index >= 15 is 0 Å². The van der Waals surface area contributed by atoms with Crippen LogP contribution in [0, 0.1) is 5.92 Å². The highest BCUT2D eigenvalue weighted by Gasteiger charge is 2.27. The first-order valence-electron chi connectivity index (χ1n) is 5.03. The second-order valence-corrected chi connectivity index (χ2v) is 4.90. The van der Waals surface area contributed by atoms with Crippen LogP contribution in [-0.2, 0) is 9.59 Å². The predicted octanol–water partition coefficient (Wildman–Crippen LogP) is 1.27. The van der Waals surface area contributed by atoms with Crippen LogP contribution in [0.25, 0.3) is 0 Å². The van der Waals surface area contributed by atoms with Crippen molar-refractivity contribution < 1.29 is 14.7 Å². The number of allylic oxidation sites excluding steroid dienone is 3. The van der Waals surface area contributed by atoms with Crippen molar-refractivity contribution in [2.45, 2.75) is 12.2 Å². The maximum Gasteiger partial charge on any atom is 0.316 e. The lowest BCUT2D eigenvalue weighted by molar-refractivity contribution is -0.136. The molecule has 1 aliphatic heterocycles. The van der Waals surface area contributed by atoms with Gasteiger partial charge in [0.15, 0.2) is 5.17 Å². The molecule has 0 saturated carbocycles. The molecule has 1 N–H and O–H groups in total. The van der Waals surface area contributed by atoms with E-state index in [1.165, 1.54) is 6.92 Å². The minimum absolute atomic E-state index is 0.219. The normalized spacial score (nSPS) is 23.8. The van der Waals surface area contributed by atoms with Gasteiger partial charge in [-0.2, -0.15) is 4.99 Å². The first-order valence-corrected chi connectivity index (χ1v) is 5.91. The number of hydrogen-bond donors (Lipinski definition) is 1. The van der Waals surface area contributed by atoms with E-state index in [9.17, 15) is 9.59 Å². The fourth-order valence-electron chi connectivity index (χ4n) is 1.41. The monoisotopic (exact) mass is 250 g/mol. The van der Waals surface area contributed by atoms with Crippen molar-refractivity contribution in [1.29, 1.82) is 0 Å². The quantitative estimate of drug-likeness (QED) is 0.800. The number of aliphatic carboxylic acids is 1. The summed E-state index contributed by atoms with van der Waals surface area (Å²) in [7, 11) is 0. The van der Waals surface area contributed by atoms with Gasteiger partial charge in [0, 0.05) is 0 Å². The molecule has 2 aliphatic rings. The Labute approximate surface area is 102 Å². The molecule has 0 spiro atoms. The summed E-state index contributed by atoms with van der Waals surface area (Å²) < 4.78 is 0. The molecule has 1 amide bonds. The number of amidine groups is 1. The topological polar surface area (TPSA) is 79.1 Å². The number of amides is 1. The average Bonchev–Trinajstić information content (AvgIpc) is 2.29. The smallest absolute Gasteiger partial charge is 0.316 e. The molecule has 1 aliphatic carbocycles. The van der Waals surface area contributed by atoms with Crippen LogP contribution in [0.3, 0.4) is 0 Å². The molecule has 0 saturated heterocycles. The van der Waals surface area contributed by atoms with Gasteiger partial charge in [-0.15, -0.1) is 0 Å². The zero-order valence-corrected chi connectivity index (χ0v) is 9.85. The van der Waals surface area contributed by atoms with Gasteiger partial charge in [-0.05, 0) is 13.0 Å². The summed E-state index contributed by atoms with van der Waals surface area (Å²) in [5.74, 6) is -1.66. The number of nitrogens with zero attached hydrogens (tertiary/aromatic N) is 2. The Hall–Kier alpha value is -1.69. The summed E-state index contributed by atoms with van der Waals surface area (Å²) in [6.07, 6.45) is 7.03.